The van der Waals surface area contributed by atoms with Gasteiger partial charge in [0.25, 0.3) is 0 Å². The van der Waals surface area contributed by atoms with Gasteiger partial charge in [0.05, 0.1) is 12.1 Å². The molecule has 22 heavy (non-hydrogen) atoms. The summed E-state index contributed by atoms with van der Waals surface area (Å²) in [6, 6.07) is 6.90. The number of hydrogen-bond acceptors (Lipinski definition) is 2. The van der Waals surface area contributed by atoms with Crippen LogP contribution >= 0.6 is 0 Å². The van der Waals surface area contributed by atoms with Gasteiger partial charge >= 0.3 is 0 Å². The molecular weight excluding hydrogens is 274 g/mol. The van der Waals surface area contributed by atoms with E-state index in [9.17, 15) is 4.79 Å². The maximum Gasteiger partial charge on any atom is 0.223 e. The van der Waals surface area contributed by atoms with Crippen molar-refractivity contribution in [3.8, 4) is 0 Å². The van der Waals surface area contributed by atoms with Crippen LogP contribution in [0.5, 0.6) is 0 Å². The molecule has 2 aliphatic rings. The average Bonchev–Trinajstić information content (AvgIpc) is 3.18. The van der Waals surface area contributed by atoms with Gasteiger partial charge in [0.15, 0.2) is 0 Å². The molecule has 0 bridgehead atoms. The summed E-state index contributed by atoms with van der Waals surface area (Å²) in [5.74, 6) is 0.302. The molecule has 3 heteroatoms. The molecule has 0 N–H and O–H groups in total. The van der Waals surface area contributed by atoms with Crippen molar-refractivity contribution in [1.29, 1.82) is 0 Å². The Morgan fingerprint density at radius 1 is 1.23 bits per heavy atom. The Balaban J connectivity index is 1.64. The van der Waals surface area contributed by atoms with Gasteiger partial charge < -0.3 is 9.64 Å². The molecular formula is C19H27NO2. The highest BCUT2D eigenvalue weighted by atomic mass is 16.5. The van der Waals surface area contributed by atoms with Gasteiger partial charge in [-0.15, -0.1) is 0 Å². The number of carbonyl (C=O) groups is 1. The summed E-state index contributed by atoms with van der Waals surface area (Å²) in [4.78, 5) is 14.7. The molecule has 0 radical (unpaired) electrons. The Hall–Kier alpha value is -1.35. The van der Waals surface area contributed by atoms with E-state index in [2.05, 4.69) is 36.9 Å². The van der Waals surface area contributed by atoms with Gasteiger partial charge in [-0.1, -0.05) is 18.2 Å². The Morgan fingerprint density at radius 2 is 2.09 bits per heavy atom. The normalized spacial score (nSPS) is 24.9. The molecule has 0 aliphatic carbocycles. The first-order valence-electron chi connectivity index (χ1n) is 8.63. The van der Waals surface area contributed by atoms with Gasteiger partial charge in [-0.3, -0.25) is 4.79 Å². The molecule has 0 aromatic heterocycles. The van der Waals surface area contributed by atoms with Crippen LogP contribution < -0.4 is 0 Å². The number of amides is 1. The molecule has 1 aromatic rings. The fourth-order valence-corrected chi connectivity index (χ4v) is 3.68. The molecule has 2 saturated heterocycles. The number of carbonyl (C=O) groups excluding carboxylic acids is 1. The highest BCUT2D eigenvalue weighted by Crippen LogP contribution is 2.33. The van der Waals surface area contributed by atoms with Crippen LogP contribution in [0.4, 0.5) is 0 Å². The molecule has 0 saturated carbocycles. The number of likely N-dealkylation sites (tertiary alicyclic amines) is 1. The van der Waals surface area contributed by atoms with Crippen LogP contribution in [0.1, 0.15) is 61.3 Å². The largest absolute Gasteiger partial charge is 0.378 e. The second kappa shape index (κ2) is 6.82. The predicted molar refractivity (Wildman–Crippen MR) is 87.8 cm³/mol. The lowest BCUT2D eigenvalue weighted by atomic mass is 9.99. The quantitative estimate of drug-likeness (QED) is 0.843. The lowest BCUT2D eigenvalue weighted by Gasteiger charge is -2.26. The van der Waals surface area contributed by atoms with E-state index in [1.807, 2.05) is 0 Å². The molecule has 2 unspecified atom stereocenters. The Labute approximate surface area is 133 Å². The number of rotatable bonds is 4. The van der Waals surface area contributed by atoms with E-state index >= 15 is 0 Å². The summed E-state index contributed by atoms with van der Waals surface area (Å²) in [5.41, 5.74) is 3.93. The maximum absolute atomic E-state index is 12.6. The van der Waals surface area contributed by atoms with Gasteiger partial charge in [0.2, 0.25) is 5.91 Å². The second-order valence-corrected chi connectivity index (χ2v) is 6.76. The second-order valence-electron chi connectivity index (χ2n) is 6.76. The highest BCUT2D eigenvalue weighted by molar-refractivity contribution is 5.77. The monoisotopic (exact) mass is 301 g/mol. The van der Waals surface area contributed by atoms with Crippen LogP contribution in [0.15, 0.2) is 18.2 Å². The lowest BCUT2D eigenvalue weighted by molar-refractivity contribution is -0.132. The lowest BCUT2D eigenvalue weighted by Crippen LogP contribution is -2.31. The van der Waals surface area contributed by atoms with Crippen molar-refractivity contribution in [2.75, 3.05) is 13.2 Å². The zero-order valence-corrected chi connectivity index (χ0v) is 13.8. The third-order valence-corrected chi connectivity index (χ3v) is 5.19. The van der Waals surface area contributed by atoms with E-state index in [1.165, 1.54) is 16.7 Å². The first-order chi connectivity index (χ1) is 10.6. The minimum atomic E-state index is 0.274. The van der Waals surface area contributed by atoms with E-state index in [0.29, 0.717) is 18.4 Å². The van der Waals surface area contributed by atoms with E-state index in [-0.39, 0.29) is 6.04 Å². The first kappa shape index (κ1) is 15.5. The molecule has 2 fully saturated rings. The molecule has 1 aromatic carbocycles. The Kier molecular flexibility index (Phi) is 4.82. The van der Waals surface area contributed by atoms with Crippen LogP contribution in [0.25, 0.3) is 0 Å². The summed E-state index contributed by atoms with van der Waals surface area (Å²) >= 11 is 0. The van der Waals surface area contributed by atoms with Gasteiger partial charge in [-0.05, 0) is 62.6 Å². The molecule has 2 aliphatic heterocycles. The molecule has 1 amide bonds. The molecule has 120 valence electrons. The van der Waals surface area contributed by atoms with E-state index < -0.39 is 0 Å². The van der Waals surface area contributed by atoms with Crippen molar-refractivity contribution in [3.05, 3.63) is 34.9 Å². The molecule has 3 nitrogen and oxygen atoms in total. The van der Waals surface area contributed by atoms with Gasteiger partial charge in [0, 0.05) is 19.6 Å². The number of aryl methyl sites for hydroxylation is 2. The average molecular weight is 301 g/mol. The van der Waals surface area contributed by atoms with Crippen molar-refractivity contribution in [1.82, 2.24) is 4.90 Å². The first-order valence-corrected chi connectivity index (χ1v) is 8.63. The summed E-state index contributed by atoms with van der Waals surface area (Å²) < 4.78 is 5.64. The molecule has 2 atom stereocenters. The Morgan fingerprint density at radius 3 is 2.82 bits per heavy atom. The van der Waals surface area contributed by atoms with Crippen LogP contribution in [0.3, 0.4) is 0 Å². The van der Waals surface area contributed by atoms with Gasteiger partial charge in [0.1, 0.15) is 0 Å². The molecule has 0 spiro atoms. The van der Waals surface area contributed by atoms with Gasteiger partial charge in [-0.25, -0.2) is 0 Å². The molecule has 2 heterocycles. The number of hydrogen-bond donors (Lipinski definition) is 0. The zero-order chi connectivity index (χ0) is 15.5. The third-order valence-electron chi connectivity index (χ3n) is 5.19. The maximum atomic E-state index is 12.6. The number of benzene rings is 1. The third kappa shape index (κ3) is 3.35. The number of ether oxygens (including phenoxy) is 1. The standard InChI is InChI=1S/C19H27NO2/c1-14-7-8-16(13-15(14)2)18-6-3-11-20(18)19(21)10-9-17-5-4-12-22-17/h7-8,13,17-18H,3-6,9-12H2,1-2H3. The van der Waals surface area contributed by atoms with Crippen molar-refractivity contribution in [3.63, 3.8) is 0 Å². The van der Waals surface area contributed by atoms with Crippen molar-refractivity contribution in [2.24, 2.45) is 0 Å². The Bertz CT molecular complexity index is 534. The van der Waals surface area contributed by atoms with E-state index in [1.54, 1.807) is 0 Å². The zero-order valence-electron chi connectivity index (χ0n) is 13.8. The predicted octanol–water partition coefficient (Wildman–Crippen LogP) is 3.93. The summed E-state index contributed by atoms with van der Waals surface area (Å²) in [6.07, 6.45) is 6.30. The summed E-state index contributed by atoms with van der Waals surface area (Å²) in [5, 5.41) is 0. The van der Waals surface area contributed by atoms with Crippen molar-refractivity contribution >= 4 is 5.91 Å². The van der Waals surface area contributed by atoms with Crippen LogP contribution in [0, 0.1) is 13.8 Å². The smallest absolute Gasteiger partial charge is 0.223 e. The van der Waals surface area contributed by atoms with E-state index in [0.717, 1.165) is 45.3 Å². The molecule has 3 rings (SSSR count). The van der Waals surface area contributed by atoms with Crippen molar-refractivity contribution < 1.29 is 9.53 Å². The van der Waals surface area contributed by atoms with Crippen LogP contribution in [0.2, 0.25) is 0 Å². The number of nitrogens with zero attached hydrogens (tertiary/aromatic N) is 1. The fourth-order valence-electron chi connectivity index (χ4n) is 3.68. The van der Waals surface area contributed by atoms with Crippen molar-refractivity contribution in [2.45, 2.75) is 64.5 Å². The van der Waals surface area contributed by atoms with Gasteiger partial charge in [-0.2, -0.15) is 0 Å². The highest BCUT2D eigenvalue weighted by Gasteiger charge is 2.30. The summed E-state index contributed by atoms with van der Waals surface area (Å²) in [6.45, 7) is 6.06. The minimum absolute atomic E-state index is 0.274. The van der Waals surface area contributed by atoms with Crippen LogP contribution in [-0.4, -0.2) is 30.1 Å². The van der Waals surface area contributed by atoms with Crippen LogP contribution in [-0.2, 0) is 9.53 Å². The topological polar surface area (TPSA) is 29.5 Å². The summed E-state index contributed by atoms with van der Waals surface area (Å²) in [7, 11) is 0. The fraction of sp³-hybridized carbons (Fsp3) is 0.632. The van der Waals surface area contributed by atoms with E-state index in [4.69, 9.17) is 4.74 Å². The minimum Gasteiger partial charge on any atom is -0.378 e. The SMILES string of the molecule is Cc1ccc(C2CCCN2C(=O)CCC2CCCO2)cc1C.